The zero-order valence-corrected chi connectivity index (χ0v) is 11.5. The molecule has 1 amide bonds. The summed E-state index contributed by atoms with van der Waals surface area (Å²) in [7, 11) is 1.69. The molecule has 0 radical (unpaired) electrons. The van der Waals surface area contributed by atoms with E-state index in [0.29, 0.717) is 17.9 Å². The van der Waals surface area contributed by atoms with Gasteiger partial charge in [0.25, 0.3) is 5.91 Å². The zero-order chi connectivity index (χ0) is 13.5. The Kier molecular flexibility index (Phi) is 5.74. The number of rotatable bonds is 6. The SMILES string of the molecule is CCCOCC(=O)N(C)c1ccccc1C(N)=S. The lowest BCUT2D eigenvalue weighted by Crippen LogP contribution is -2.32. The number of nitrogens with zero attached hydrogens (tertiary/aromatic N) is 1. The molecular formula is C13H18N2O2S. The van der Waals surface area contributed by atoms with Crippen molar-refractivity contribution >= 4 is 28.8 Å². The quantitative estimate of drug-likeness (QED) is 0.629. The minimum atomic E-state index is -0.118. The Hall–Kier alpha value is -1.46. The van der Waals surface area contributed by atoms with Crippen molar-refractivity contribution in [2.75, 3.05) is 25.2 Å². The molecule has 0 unspecified atom stereocenters. The number of carbonyl (C=O) groups excluding carboxylic acids is 1. The van der Waals surface area contributed by atoms with Crippen LogP contribution in [0.2, 0.25) is 0 Å². The largest absolute Gasteiger partial charge is 0.389 e. The smallest absolute Gasteiger partial charge is 0.252 e. The van der Waals surface area contributed by atoms with Crippen molar-refractivity contribution in [1.82, 2.24) is 0 Å². The Morgan fingerprint density at radius 3 is 2.72 bits per heavy atom. The molecule has 0 bridgehead atoms. The van der Waals surface area contributed by atoms with Crippen molar-refractivity contribution in [3.63, 3.8) is 0 Å². The molecule has 5 heteroatoms. The van der Waals surface area contributed by atoms with Gasteiger partial charge in [-0.1, -0.05) is 31.3 Å². The van der Waals surface area contributed by atoms with Crippen molar-refractivity contribution in [2.45, 2.75) is 13.3 Å². The van der Waals surface area contributed by atoms with Crippen LogP contribution in [0.15, 0.2) is 24.3 Å². The van der Waals surface area contributed by atoms with Crippen molar-refractivity contribution in [1.29, 1.82) is 0 Å². The third-order valence-electron chi connectivity index (χ3n) is 2.48. The van der Waals surface area contributed by atoms with E-state index >= 15 is 0 Å². The van der Waals surface area contributed by atoms with Gasteiger partial charge in [0, 0.05) is 19.2 Å². The first-order valence-electron chi connectivity index (χ1n) is 5.81. The van der Waals surface area contributed by atoms with Crippen LogP contribution in [0.3, 0.4) is 0 Å². The van der Waals surface area contributed by atoms with Crippen LogP contribution in [0.1, 0.15) is 18.9 Å². The third-order valence-corrected chi connectivity index (χ3v) is 2.70. The van der Waals surface area contributed by atoms with Gasteiger partial charge in [-0.05, 0) is 18.6 Å². The lowest BCUT2D eigenvalue weighted by Gasteiger charge is -2.20. The van der Waals surface area contributed by atoms with E-state index in [9.17, 15) is 4.79 Å². The van der Waals surface area contributed by atoms with Crippen LogP contribution in [0.25, 0.3) is 0 Å². The molecule has 0 fully saturated rings. The molecule has 0 atom stereocenters. The van der Waals surface area contributed by atoms with E-state index in [2.05, 4.69) is 0 Å². The molecule has 1 aromatic carbocycles. The monoisotopic (exact) mass is 266 g/mol. The molecule has 2 N–H and O–H groups in total. The number of likely N-dealkylation sites (N-methyl/N-ethyl adjacent to an activating group) is 1. The van der Waals surface area contributed by atoms with Gasteiger partial charge in [-0.2, -0.15) is 0 Å². The highest BCUT2D eigenvalue weighted by Gasteiger charge is 2.15. The lowest BCUT2D eigenvalue weighted by molar-refractivity contribution is -0.122. The lowest BCUT2D eigenvalue weighted by atomic mass is 10.1. The Labute approximate surface area is 113 Å². The second-order valence-electron chi connectivity index (χ2n) is 3.89. The predicted octanol–water partition coefficient (Wildman–Crippen LogP) is 1.71. The first-order chi connectivity index (χ1) is 8.57. The fourth-order valence-electron chi connectivity index (χ4n) is 1.51. The highest BCUT2D eigenvalue weighted by atomic mass is 32.1. The first-order valence-corrected chi connectivity index (χ1v) is 6.21. The molecule has 0 spiro atoms. The van der Waals surface area contributed by atoms with E-state index in [-0.39, 0.29) is 17.5 Å². The maximum Gasteiger partial charge on any atom is 0.252 e. The summed E-state index contributed by atoms with van der Waals surface area (Å²) in [6.07, 6.45) is 0.889. The van der Waals surface area contributed by atoms with Crippen LogP contribution < -0.4 is 10.6 Å². The van der Waals surface area contributed by atoms with Crippen molar-refractivity contribution in [3.05, 3.63) is 29.8 Å². The number of hydrogen-bond acceptors (Lipinski definition) is 3. The van der Waals surface area contributed by atoms with Crippen molar-refractivity contribution in [3.8, 4) is 0 Å². The molecule has 18 heavy (non-hydrogen) atoms. The number of benzene rings is 1. The molecule has 0 aliphatic rings. The summed E-state index contributed by atoms with van der Waals surface area (Å²) in [5, 5.41) is 0. The summed E-state index contributed by atoms with van der Waals surface area (Å²) >= 11 is 4.97. The fraction of sp³-hybridized carbons (Fsp3) is 0.385. The van der Waals surface area contributed by atoms with Gasteiger partial charge >= 0.3 is 0 Å². The number of para-hydroxylation sites is 1. The van der Waals surface area contributed by atoms with E-state index in [4.69, 9.17) is 22.7 Å². The summed E-state index contributed by atoms with van der Waals surface area (Å²) < 4.78 is 5.23. The number of amides is 1. The standard InChI is InChI=1S/C13H18N2O2S/c1-3-8-17-9-12(16)15(2)11-7-5-4-6-10(11)13(14)18/h4-7H,3,8-9H2,1-2H3,(H2,14,18). The molecule has 0 saturated carbocycles. The van der Waals surface area contributed by atoms with E-state index in [1.54, 1.807) is 13.1 Å². The van der Waals surface area contributed by atoms with E-state index in [1.807, 2.05) is 25.1 Å². The molecule has 4 nitrogen and oxygen atoms in total. The van der Waals surface area contributed by atoms with Crippen LogP contribution in [0.5, 0.6) is 0 Å². The Morgan fingerprint density at radius 2 is 2.11 bits per heavy atom. The summed E-state index contributed by atoms with van der Waals surface area (Å²) in [4.78, 5) is 13.7. The van der Waals surface area contributed by atoms with Crippen LogP contribution in [0.4, 0.5) is 5.69 Å². The van der Waals surface area contributed by atoms with Gasteiger partial charge in [-0.15, -0.1) is 0 Å². The first kappa shape index (κ1) is 14.6. The summed E-state index contributed by atoms with van der Waals surface area (Å²) in [5.41, 5.74) is 7.03. The number of nitrogens with two attached hydrogens (primary N) is 1. The second-order valence-corrected chi connectivity index (χ2v) is 4.33. The predicted molar refractivity (Wildman–Crippen MR) is 76.8 cm³/mol. The average Bonchev–Trinajstić information content (AvgIpc) is 2.38. The summed E-state index contributed by atoms with van der Waals surface area (Å²) in [6.45, 7) is 2.64. The second kappa shape index (κ2) is 7.08. The Bertz CT molecular complexity index is 435. The number of ether oxygens (including phenoxy) is 1. The molecule has 98 valence electrons. The van der Waals surface area contributed by atoms with Gasteiger partial charge in [0.2, 0.25) is 0 Å². The van der Waals surface area contributed by atoms with Gasteiger partial charge in [-0.25, -0.2) is 0 Å². The molecule has 1 aromatic rings. The van der Waals surface area contributed by atoms with E-state index in [0.717, 1.165) is 6.42 Å². The highest BCUT2D eigenvalue weighted by molar-refractivity contribution is 7.80. The van der Waals surface area contributed by atoms with Gasteiger partial charge in [-0.3, -0.25) is 4.79 Å². The molecule has 0 heterocycles. The molecule has 1 rings (SSSR count). The van der Waals surface area contributed by atoms with Gasteiger partial charge in [0.05, 0.1) is 5.69 Å². The van der Waals surface area contributed by atoms with Gasteiger partial charge < -0.3 is 15.4 Å². The highest BCUT2D eigenvalue weighted by Crippen LogP contribution is 2.19. The topological polar surface area (TPSA) is 55.6 Å². The number of anilines is 1. The fourth-order valence-corrected chi connectivity index (χ4v) is 1.68. The summed E-state index contributed by atoms with van der Waals surface area (Å²) in [6, 6.07) is 7.29. The van der Waals surface area contributed by atoms with Crippen LogP contribution in [-0.4, -0.2) is 31.2 Å². The minimum absolute atomic E-state index is 0.0655. The molecule has 0 aliphatic carbocycles. The van der Waals surface area contributed by atoms with Crippen LogP contribution >= 0.6 is 12.2 Å². The molecule has 0 aromatic heterocycles. The van der Waals surface area contributed by atoms with E-state index < -0.39 is 0 Å². The average molecular weight is 266 g/mol. The van der Waals surface area contributed by atoms with Gasteiger partial charge in [0.1, 0.15) is 11.6 Å². The maximum atomic E-state index is 11.9. The number of carbonyl (C=O) groups is 1. The third kappa shape index (κ3) is 3.78. The summed E-state index contributed by atoms with van der Waals surface area (Å²) in [5.74, 6) is -0.118. The van der Waals surface area contributed by atoms with Gasteiger partial charge in [0.15, 0.2) is 0 Å². The van der Waals surface area contributed by atoms with Crippen molar-refractivity contribution in [2.24, 2.45) is 5.73 Å². The van der Waals surface area contributed by atoms with E-state index in [1.165, 1.54) is 4.90 Å². The normalized spacial score (nSPS) is 10.1. The number of hydrogen-bond donors (Lipinski definition) is 1. The Balaban J connectivity index is 2.80. The Morgan fingerprint density at radius 1 is 1.44 bits per heavy atom. The zero-order valence-electron chi connectivity index (χ0n) is 10.7. The number of thiocarbonyl (C=S) groups is 1. The molecule has 0 aliphatic heterocycles. The van der Waals surface area contributed by atoms with Crippen LogP contribution in [-0.2, 0) is 9.53 Å². The maximum absolute atomic E-state index is 11.9. The molecular weight excluding hydrogens is 248 g/mol. The van der Waals surface area contributed by atoms with Crippen LogP contribution in [0, 0.1) is 0 Å². The molecule has 0 saturated heterocycles. The minimum Gasteiger partial charge on any atom is -0.389 e. The van der Waals surface area contributed by atoms with Crippen molar-refractivity contribution < 1.29 is 9.53 Å².